The van der Waals surface area contributed by atoms with Crippen molar-refractivity contribution in [3.63, 3.8) is 0 Å². The number of nitrogens with one attached hydrogen (secondary N) is 1. The van der Waals surface area contributed by atoms with Gasteiger partial charge in [0.05, 0.1) is 6.61 Å². The maximum atomic E-state index is 12.0. The minimum atomic E-state index is -0.322. The molecule has 0 aliphatic heterocycles. The summed E-state index contributed by atoms with van der Waals surface area (Å²) >= 11 is 0. The van der Waals surface area contributed by atoms with Gasteiger partial charge in [-0.25, -0.2) is 4.79 Å². The molecule has 1 heterocycles. The summed E-state index contributed by atoms with van der Waals surface area (Å²) in [6.07, 6.45) is 3.56. The average molecular weight is 335 g/mol. The Labute approximate surface area is 149 Å². The van der Waals surface area contributed by atoms with Crippen molar-refractivity contribution in [2.75, 3.05) is 6.61 Å². The number of carbonyl (C=O) groups excluding carboxylic acids is 1. The summed E-state index contributed by atoms with van der Waals surface area (Å²) in [4.78, 5) is 15.2. The van der Waals surface area contributed by atoms with Crippen molar-refractivity contribution in [2.45, 2.75) is 27.7 Å². The molecule has 0 spiro atoms. The molecule has 0 aliphatic rings. The fourth-order valence-electron chi connectivity index (χ4n) is 2.68. The van der Waals surface area contributed by atoms with Crippen LogP contribution in [-0.2, 0) is 9.53 Å². The summed E-state index contributed by atoms with van der Waals surface area (Å²) in [5.41, 5.74) is 5.14. The first-order valence-electron chi connectivity index (χ1n) is 8.71. The molecule has 0 radical (unpaired) electrons. The lowest BCUT2D eigenvalue weighted by Crippen LogP contribution is -2.01. The Hall–Kier alpha value is -2.81. The second-order valence-electron chi connectivity index (χ2n) is 5.41. The van der Waals surface area contributed by atoms with Gasteiger partial charge in [-0.2, -0.15) is 0 Å². The van der Waals surface area contributed by atoms with E-state index in [-0.39, 0.29) is 5.97 Å². The molecule has 3 nitrogen and oxygen atoms in total. The van der Waals surface area contributed by atoms with Gasteiger partial charge in [0, 0.05) is 23.2 Å². The smallest absolute Gasteiger partial charge is 0.331 e. The van der Waals surface area contributed by atoms with Gasteiger partial charge in [0.1, 0.15) is 0 Å². The van der Waals surface area contributed by atoms with Gasteiger partial charge in [0.15, 0.2) is 0 Å². The van der Waals surface area contributed by atoms with E-state index in [0.717, 1.165) is 27.6 Å². The first-order chi connectivity index (χ1) is 12.2. The van der Waals surface area contributed by atoms with Crippen molar-refractivity contribution in [1.82, 2.24) is 4.98 Å². The van der Waals surface area contributed by atoms with E-state index in [0.29, 0.717) is 6.61 Å². The van der Waals surface area contributed by atoms with Crippen molar-refractivity contribution < 1.29 is 9.53 Å². The van der Waals surface area contributed by atoms with Crippen molar-refractivity contribution in [2.24, 2.45) is 0 Å². The molecule has 3 rings (SSSR count). The van der Waals surface area contributed by atoms with E-state index < -0.39 is 0 Å². The Morgan fingerprint density at radius 2 is 1.80 bits per heavy atom. The Kier molecular flexibility index (Phi) is 6.58. The molecular weight excluding hydrogens is 310 g/mol. The van der Waals surface area contributed by atoms with Crippen LogP contribution >= 0.6 is 0 Å². The van der Waals surface area contributed by atoms with Crippen LogP contribution in [0, 0.1) is 6.92 Å². The first-order valence-corrected chi connectivity index (χ1v) is 8.71. The molecule has 1 aromatic heterocycles. The molecular formula is C22H25NO2. The maximum Gasteiger partial charge on any atom is 0.331 e. The summed E-state index contributed by atoms with van der Waals surface area (Å²) in [6, 6.07) is 16.1. The highest BCUT2D eigenvalue weighted by Gasteiger charge is 2.10. The normalized spacial score (nSPS) is 11.0. The fraction of sp³-hybridized carbons (Fsp3) is 0.227. The summed E-state index contributed by atoms with van der Waals surface area (Å²) in [5.74, 6) is -0.322. The second-order valence-corrected chi connectivity index (χ2v) is 5.41. The van der Waals surface area contributed by atoms with Crippen LogP contribution in [0.3, 0.4) is 0 Å². The quantitative estimate of drug-likeness (QED) is 0.505. The van der Waals surface area contributed by atoms with Crippen LogP contribution in [-0.4, -0.2) is 17.6 Å². The van der Waals surface area contributed by atoms with E-state index in [1.54, 1.807) is 6.08 Å². The molecule has 0 bridgehead atoms. The molecule has 0 saturated carbocycles. The number of aromatic amines is 1. The molecule has 3 heteroatoms. The number of hydrogen-bond acceptors (Lipinski definition) is 2. The number of ether oxygens (including phenoxy) is 1. The van der Waals surface area contributed by atoms with Gasteiger partial charge in [0.25, 0.3) is 0 Å². The van der Waals surface area contributed by atoms with E-state index >= 15 is 0 Å². The molecule has 0 atom stereocenters. The van der Waals surface area contributed by atoms with Crippen molar-refractivity contribution in [3.05, 3.63) is 77.5 Å². The molecule has 0 unspecified atom stereocenters. The molecule has 3 aromatic rings. The zero-order valence-electron chi connectivity index (χ0n) is 15.3. The average Bonchev–Trinajstić information content (AvgIpc) is 3.03. The van der Waals surface area contributed by atoms with Gasteiger partial charge < -0.3 is 9.72 Å². The van der Waals surface area contributed by atoms with Gasteiger partial charge in [-0.05, 0) is 48.2 Å². The SMILES string of the molecule is CC.CCOC(=O)/C=C(/c1ccccc1)c1ccc2[nH]cc(C)c2c1. The standard InChI is InChI=1S/C20H19NO2.C2H6/c1-3-23-20(22)12-18(15-7-5-4-6-8-15)16-9-10-19-17(11-16)14(2)13-21-19;1-2/h4-13,21H,3H2,1-2H3;1-2H3/b18-12-;. The van der Waals surface area contributed by atoms with E-state index in [1.807, 2.05) is 69.4 Å². The van der Waals surface area contributed by atoms with Crippen molar-refractivity contribution >= 4 is 22.4 Å². The third kappa shape index (κ3) is 4.38. The number of benzene rings is 2. The van der Waals surface area contributed by atoms with Crippen LogP contribution in [0.1, 0.15) is 37.5 Å². The highest BCUT2D eigenvalue weighted by atomic mass is 16.5. The first kappa shape index (κ1) is 18.5. The van der Waals surface area contributed by atoms with Crippen LogP contribution in [0.2, 0.25) is 0 Å². The Morgan fingerprint density at radius 1 is 1.08 bits per heavy atom. The minimum Gasteiger partial charge on any atom is -0.463 e. The molecule has 0 fully saturated rings. The highest BCUT2D eigenvalue weighted by molar-refractivity contribution is 5.98. The molecule has 1 N–H and O–H groups in total. The number of aromatic nitrogens is 1. The lowest BCUT2D eigenvalue weighted by Gasteiger charge is -2.09. The number of H-pyrrole nitrogens is 1. The van der Waals surface area contributed by atoms with Gasteiger partial charge in [-0.15, -0.1) is 0 Å². The fourth-order valence-corrected chi connectivity index (χ4v) is 2.68. The molecule has 130 valence electrons. The van der Waals surface area contributed by atoms with Crippen LogP contribution in [0.4, 0.5) is 0 Å². The monoisotopic (exact) mass is 335 g/mol. The molecule has 0 amide bonds. The number of fused-ring (bicyclic) bond motifs is 1. The van der Waals surface area contributed by atoms with Crippen LogP contribution < -0.4 is 0 Å². The zero-order chi connectivity index (χ0) is 18.2. The summed E-state index contributed by atoms with van der Waals surface area (Å²) in [5, 5.41) is 1.16. The molecule has 0 aliphatic carbocycles. The van der Waals surface area contributed by atoms with Gasteiger partial charge in [-0.1, -0.05) is 50.2 Å². The number of rotatable bonds is 4. The topological polar surface area (TPSA) is 42.1 Å². The van der Waals surface area contributed by atoms with Crippen molar-refractivity contribution in [3.8, 4) is 0 Å². The summed E-state index contributed by atoms with van der Waals surface area (Å²) in [6.45, 7) is 8.25. The zero-order valence-corrected chi connectivity index (χ0v) is 15.3. The lowest BCUT2D eigenvalue weighted by molar-refractivity contribution is -0.137. The largest absolute Gasteiger partial charge is 0.463 e. The predicted molar refractivity (Wildman–Crippen MR) is 105 cm³/mol. The predicted octanol–water partition coefficient (Wildman–Crippen LogP) is 5.50. The molecule has 2 aromatic carbocycles. The van der Waals surface area contributed by atoms with E-state index in [9.17, 15) is 4.79 Å². The lowest BCUT2D eigenvalue weighted by atomic mass is 9.96. The van der Waals surface area contributed by atoms with Crippen LogP contribution in [0.5, 0.6) is 0 Å². The van der Waals surface area contributed by atoms with Crippen molar-refractivity contribution in [1.29, 1.82) is 0 Å². The number of hydrogen-bond donors (Lipinski definition) is 1. The molecule has 0 saturated heterocycles. The Morgan fingerprint density at radius 3 is 2.48 bits per heavy atom. The third-order valence-electron chi connectivity index (χ3n) is 3.83. The number of carbonyl (C=O) groups is 1. The Bertz CT molecular complexity index is 860. The van der Waals surface area contributed by atoms with Gasteiger partial charge in [0.2, 0.25) is 0 Å². The summed E-state index contributed by atoms with van der Waals surface area (Å²) < 4.78 is 5.09. The van der Waals surface area contributed by atoms with Gasteiger partial charge >= 0.3 is 5.97 Å². The minimum absolute atomic E-state index is 0.322. The van der Waals surface area contributed by atoms with E-state index in [2.05, 4.69) is 18.0 Å². The summed E-state index contributed by atoms with van der Waals surface area (Å²) in [7, 11) is 0. The van der Waals surface area contributed by atoms with Gasteiger partial charge in [-0.3, -0.25) is 0 Å². The third-order valence-corrected chi connectivity index (χ3v) is 3.83. The number of aryl methyl sites for hydroxylation is 1. The maximum absolute atomic E-state index is 12.0. The van der Waals surface area contributed by atoms with Crippen LogP contribution in [0.25, 0.3) is 16.5 Å². The van der Waals surface area contributed by atoms with E-state index in [1.165, 1.54) is 5.56 Å². The highest BCUT2D eigenvalue weighted by Crippen LogP contribution is 2.27. The number of esters is 1. The molecule has 25 heavy (non-hydrogen) atoms. The second kappa shape index (κ2) is 8.88. The van der Waals surface area contributed by atoms with Crippen LogP contribution in [0.15, 0.2) is 60.8 Å². The van der Waals surface area contributed by atoms with E-state index in [4.69, 9.17) is 4.74 Å². The Balaban J connectivity index is 0.00000109.